The number of aromatic nitrogens is 2. The van der Waals surface area contributed by atoms with Crippen molar-refractivity contribution in [1.82, 2.24) is 31.2 Å². The van der Waals surface area contributed by atoms with Crippen LogP contribution in [0.25, 0.3) is 10.8 Å². The molecule has 0 aliphatic rings. The summed E-state index contributed by atoms with van der Waals surface area (Å²) in [6.45, 7) is 3.40. The zero-order valence-corrected chi connectivity index (χ0v) is 29.4. The standard InChI is InChI=1S/C38H48N8O6/c1-38(2,40)37(52)46-32(21-28-22-41-23-42-28)35(49)45-31(20-25-15-16-26-12-6-7-13-27(26)18-25)34(48)44-30(19-24-10-4-3-5-11-24)33(47)43-29(36(50)51)14-8-9-17-39/h3-7,10-13,15-16,18,22-23,29-32H,8-9,14,17,19-21,39-40H2,1-2H3,(H,41,42)(H,43,47)(H,44,48)(H,45,49)(H,46,52)(H,50,51)/t29-,30+,31+,32-/m0/s1. The van der Waals surface area contributed by atoms with Gasteiger partial charge < -0.3 is 42.8 Å². The van der Waals surface area contributed by atoms with Crippen LogP contribution in [-0.2, 0) is 43.2 Å². The van der Waals surface area contributed by atoms with Crippen molar-refractivity contribution < 1.29 is 29.1 Å². The van der Waals surface area contributed by atoms with E-state index in [1.165, 1.54) is 26.4 Å². The Labute approximate surface area is 302 Å². The lowest BCUT2D eigenvalue weighted by atomic mass is 9.99. The Balaban J connectivity index is 1.65. The maximum Gasteiger partial charge on any atom is 0.326 e. The van der Waals surface area contributed by atoms with Crippen LogP contribution in [0.15, 0.2) is 85.3 Å². The molecule has 4 aromatic rings. The van der Waals surface area contributed by atoms with Crippen LogP contribution in [0.1, 0.15) is 49.9 Å². The number of benzene rings is 3. The third-order valence-electron chi connectivity index (χ3n) is 8.55. The van der Waals surface area contributed by atoms with Crippen LogP contribution >= 0.6 is 0 Å². The fourth-order valence-electron chi connectivity index (χ4n) is 5.61. The highest BCUT2D eigenvalue weighted by Gasteiger charge is 2.33. The minimum absolute atomic E-state index is 0.0255. The minimum atomic E-state index is -1.30. The number of rotatable bonds is 19. The highest BCUT2D eigenvalue weighted by Crippen LogP contribution is 2.17. The van der Waals surface area contributed by atoms with Crippen LogP contribution in [0.5, 0.6) is 0 Å². The number of amides is 4. The van der Waals surface area contributed by atoms with Gasteiger partial charge in [-0.05, 0) is 61.6 Å². The van der Waals surface area contributed by atoms with Crippen LogP contribution in [0.3, 0.4) is 0 Å². The van der Waals surface area contributed by atoms with Gasteiger partial charge in [-0.25, -0.2) is 9.78 Å². The van der Waals surface area contributed by atoms with Gasteiger partial charge in [-0.1, -0.05) is 72.8 Å². The first kappa shape index (κ1) is 39.2. The summed E-state index contributed by atoms with van der Waals surface area (Å²) in [7, 11) is 0. The molecule has 4 amide bonds. The maximum atomic E-state index is 14.2. The number of carboxylic acid groups (broad SMARTS) is 1. The van der Waals surface area contributed by atoms with Crippen LogP contribution in [0.4, 0.5) is 0 Å². The molecule has 0 saturated heterocycles. The molecule has 4 rings (SSSR count). The van der Waals surface area contributed by atoms with E-state index in [2.05, 4.69) is 31.2 Å². The maximum absolute atomic E-state index is 14.2. The Bertz CT molecular complexity index is 1810. The van der Waals surface area contributed by atoms with Crippen LogP contribution in [-0.4, -0.2) is 80.9 Å². The lowest BCUT2D eigenvalue weighted by Gasteiger charge is -2.27. The van der Waals surface area contributed by atoms with Crippen molar-refractivity contribution in [2.45, 2.75) is 82.1 Å². The summed E-state index contributed by atoms with van der Waals surface area (Å²) in [5.41, 5.74) is 12.3. The number of carboxylic acids is 1. The number of hydrogen-bond donors (Lipinski definition) is 8. The summed E-state index contributed by atoms with van der Waals surface area (Å²) < 4.78 is 0. The first-order valence-electron chi connectivity index (χ1n) is 17.3. The van der Waals surface area contributed by atoms with Crippen molar-refractivity contribution in [2.75, 3.05) is 6.54 Å². The molecular weight excluding hydrogens is 664 g/mol. The molecule has 0 aliphatic heterocycles. The molecule has 0 aliphatic carbocycles. The number of aliphatic carboxylic acids is 1. The van der Waals surface area contributed by atoms with E-state index in [1.54, 1.807) is 24.3 Å². The van der Waals surface area contributed by atoms with Gasteiger partial charge in [-0.3, -0.25) is 19.2 Å². The van der Waals surface area contributed by atoms with Gasteiger partial charge in [0, 0.05) is 31.2 Å². The number of nitrogens with one attached hydrogen (secondary N) is 5. The second-order valence-corrected chi connectivity index (χ2v) is 13.4. The van der Waals surface area contributed by atoms with Crippen LogP contribution in [0.2, 0.25) is 0 Å². The Hall–Kier alpha value is -5.60. The minimum Gasteiger partial charge on any atom is -0.480 e. The highest BCUT2D eigenvalue weighted by molar-refractivity contribution is 5.96. The third kappa shape index (κ3) is 11.7. The molecule has 0 fully saturated rings. The Morgan fingerprint density at radius 2 is 1.31 bits per heavy atom. The van der Waals surface area contributed by atoms with Gasteiger partial charge >= 0.3 is 5.97 Å². The van der Waals surface area contributed by atoms with E-state index in [0.29, 0.717) is 25.1 Å². The lowest BCUT2D eigenvalue weighted by molar-refractivity contribution is -0.142. The van der Waals surface area contributed by atoms with Crippen molar-refractivity contribution in [3.05, 3.63) is 102 Å². The van der Waals surface area contributed by atoms with Crippen molar-refractivity contribution in [3.8, 4) is 0 Å². The molecule has 52 heavy (non-hydrogen) atoms. The van der Waals surface area contributed by atoms with Gasteiger partial charge in [0.1, 0.15) is 24.2 Å². The number of nitrogens with zero attached hydrogens (tertiary/aromatic N) is 1. The largest absolute Gasteiger partial charge is 0.480 e. The number of aromatic amines is 1. The molecule has 0 saturated carbocycles. The van der Waals surface area contributed by atoms with Gasteiger partial charge in [0.25, 0.3) is 0 Å². The molecule has 10 N–H and O–H groups in total. The van der Waals surface area contributed by atoms with E-state index < -0.39 is 59.3 Å². The van der Waals surface area contributed by atoms with Crippen molar-refractivity contribution in [1.29, 1.82) is 0 Å². The molecule has 0 unspecified atom stereocenters. The summed E-state index contributed by atoms with van der Waals surface area (Å²) in [6, 6.07) is 17.6. The number of imidazole rings is 1. The number of fused-ring (bicyclic) bond motifs is 1. The van der Waals surface area contributed by atoms with E-state index in [0.717, 1.165) is 21.9 Å². The van der Waals surface area contributed by atoms with Crippen molar-refractivity contribution >= 4 is 40.4 Å². The summed E-state index contributed by atoms with van der Waals surface area (Å²) in [5, 5.41) is 22.6. The average Bonchev–Trinajstić information content (AvgIpc) is 3.63. The second-order valence-electron chi connectivity index (χ2n) is 13.4. The molecule has 1 aromatic heterocycles. The average molecular weight is 713 g/mol. The second kappa shape index (κ2) is 18.6. The molecule has 4 atom stereocenters. The number of carbonyl (C=O) groups excluding carboxylic acids is 4. The molecule has 14 nitrogen and oxygen atoms in total. The Morgan fingerprint density at radius 3 is 1.88 bits per heavy atom. The van der Waals surface area contributed by atoms with Crippen LogP contribution in [0, 0.1) is 0 Å². The molecule has 14 heteroatoms. The third-order valence-corrected chi connectivity index (χ3v) is 8.55. The van der Waals surface area contributed by atoms with E-state index in [1.807, 2.05) is 48.5 Å². The van der Waals surface area contributed by atoms with E-state index >= 15 is 0 Å². The number of unbranched alkanes of at least 4 members (excludes halogenated alkanes) is 1. The number of hydrogen-bond acceptors (Lipinski definition) is 8. The van der Waals surface area contributed by atoms with Crippen molar-refractivity contribution in [2.24, 2.45) is 11.5 Å². The highest BCUT2D eigenvalue weighted by atomic mass is 16.4. The summed E-state index contributed by atoms with van der Waals surface area (Å²) >= 11 is 0. The fraction of sp³-hybridized carbons (Fsp3) is 0.368. The van der Waals surface area contributed by atoms with Gasteiger partial charge in [0.15, 0.2) is 0 Å². The summed E-state index contributed by atoms with van der Waals surface area (Å²) in [4.78, 5) is 73.8. The molecule has 1 heterocycles. The van der Waals surface area contributed by atoms with E-state index in [-0.39, 0.29) is 25.7 Å². The Kier molecular flexibility index (Phi) is 14.0. The van der Waals surface area contributed by atoms with Gasteiger partial charge in [-0.2, -0.15) is 0 Å². The SMILES string of the molecule is CC(C)(N)C(=O)N[C@@H](Cc1cnc[nH]1)C(=O)N[C@H](Cc1ccc2ccccc2c1)C(=O)N[C@H](Cc1ccccc1)C(=O)N[C@@H](CCCCN)C(=O)O. The number of nitrogens with two attached hydrogens (primary N) is 2. The summed E-state index contributed by atoms with van der Waals surface area (Å²) in [6.07, 6.45) is 4.31. The van der Waals surface area contributed by atoms with Gasteiger partial charge in [-0.15, -0.1) is 0 Å². The zero-order chi connectivity index (χ0) is 37.7. The fourth-order valence-corrected chi connectivity index (χ4v) is 5.61. The Morgan fingerprint density at radius 1 is 0.731 bits per heavy atom. The number of H-pyrrole nitrogens is 1. The molecular formula is C38H48N8O6. The van der Waals surface area contributed by atoms with Crippen LogP contribution < -0.4 is 32.7 Å². The lowest BCUT2D eigenvalue weighted by Crippen LogP contribution is -2.60. The van der Waals surface area contributed by atoms with E-state index in [4.69, 9.17) is 11.5 Å². The zero-order valence-electron chi connectivity index (χ0n) is 29.4. The number of carbonyl (C=O) groups is 5. The topological polar surface area (TPSA) is 234 Å². The predicted molar refractivity (Wildman–Crippen MR) is 197 cm³/mol. The van der Waals surface area contributed by atoms with Crippen molar-refractivity contribution in [3.63, 3.8) is 0 Å². The molecule has 276 valence electrons. The van der Waals surface area contributed by atoms with E-state index in [9.17, 15) is 29.1 Å². The predicted octanol–water partition coefficient (Wildman–Crippen LogP) is 1.48. The monoisotopic (exact) mass is 712 g/mol. The van der Waals surface area contributed by atoms with Gasteiger partial charge in [0.2, 0.25) is 23.6 Å². The first-order chi connectivity index (χ1) is 24.8. The van der Waals surface area contributed by atoms with Gasteiger partial charge in [0.05, 0.1) is 11.9 Å². The first-order valence-corrected chi connectivity index (χ1v) is 17.3. The normalized spacial score (nSPS) is 13.7. The molecule has 0 radical (unpaired) electrons. The smallest absolute Gasteiger partial charge is 0.326 e. The molecule has 0 spiro atoms. The quantitative estimate of drug-likeness (QED) is 0.0657. The summed E-state index contributed by atoms with van der Waals surface area (Å²) in [5.74, 6) is -3.83. The molecule has 3 aromatic carbocycles. The molecule has 0 bridgehead atoms.